The maximum atomic E-state index is 13.7. The van der Waals surface area contributed by atoms with Gasteiger partial charge >= 0.3 is 0 Å². The largest absolute Gasteiger partial charge is 0.340 e. The standard InChI is InChI=1S/C30H26F2N4OS/c1-4-30(5-2)23-9-6-18(14-26(23)36-29(30)37)7-10-24-21-16-27(34-17-19(21)12-13-33-24)35-25-11-8-20(38-3)15-22(25)28(31)32/h6,8-9,11-17,28H,4-5H2,1-3H3,(H,34,35)(H,36,37). The second-order valence-corrected chi connectivity index (χ2v) is 9.96. The molecule has 192 valence electrons. The van der Waals surface area contributed by atoms with Crippen LogP contribution in [-0.2, 0) is 10.2 Å². The Morgan fingerprint density at radius 3 is 2.61 bits per heavy atom. The third kappa shape index (κ3) is 4.59. The van der Waals surface area contributed by atoms with Crippen molar-refractivity contribution in [2.75, 3.05) is 16.9 Å². The summed E-state index contributed by atoms with van der Waals surface area (Å²) in [5.41, 5.74) is 2.84. The molecule has 1 aliphatic heterocycles. The summed E-state index contributed by atoms with van der Waals surface area (Å²) in [5, 5.41) is 7.63. The Morgan fingerprint density at radius 2 is 1.87 bits per heavy atom. The molecule has 0 saturated carbocycles. The lowest BCUT2D eigenvalue weighted by molar-refractivity contribution is -0.121. The van der Waals surface area contributed by atoms with Crippen LogP contribution in [0.5, 0.6) is 0 Å². The van der Waals surface area contributed by atoms with Crippen LogP contribution in [0.15, 0.2) is 65.8 Å². The molecular weight excluding hydrogens is 502 g/mol. The summed E-state index contributed by atoms with van der Waals surface area (Å²) in [6.45, 7) is 4.06. The SMILES string of the molecule is CCC1(CC)C(=O)Nc2cc(C#Cc3nccc4cnc(Nc5ccc(SC)cc5C(F)F)cc34)ccc21. The second-order valence-electron chi connectivity index (χ2n) is 9.08. The van der Waals surface area contributed by atoms with E-state index < -0.39 is 11.8 Å². The number of alkyl halides is 2. The number of carbonyl (C=O) groups excluding carboxylic acids is 1. The molecule has 2 aromatic carbocycles. The van der Waals surface area contributed by atoms with Gasteiger partial charge in [0.25, 0.3) is 6.43 Å². The zero-order valence-corrected chi connectivity index (χ0v) is 22.0. The summed E-state index contributed by atoms with van der Waals surface area (Å²) in [4.78, 5) is 22.3. The topological polar surface area (TPSA) is 66.9 Å². The number of benzene rings is 2. The van der Waals surface area contributed by atoms with Crippen LogP contribution in [0.4, 0.5) is 26.0 Å². The highest BCUT2D eigenvalue weighted by Crippen LogP contribution is 2.43. The number of rotatable bonds is 6. The molecular formula is C30H26F2N4OS. The third-order valence-corrected chi connectivity index (χ3v) is 7.88. The molecule has 0 radical (unpaired) electrons. The van der Waals surface area contributed by atoms with Gasteiger partial charge < -0.3 is 10.6 Å². The number of pyridine rings is 2. The van der Waals surface area contributed by atoms with E-state index in [-0.39, 0.29) is 11.5 Å². The smallest absolute Gasteiger partial charge is 0.265 e. The van der Waals surface area contributed by atoms with Crippen LogP contribution in [0.2, 0.25) is 0 Å². The first-order chi connectivity index (χ1) is 18.4. The first-order valence-electron chi connectivity index (χ1n) is 12.3. The fourth-order valence-corrected chi connectivity index (χ4v) is 5.37. The van der Waals surface area contributed by atoms with E-state index >= 15 is 0 Å². The molecule has 0 atom stereocenters. The summed E-state index contributed by atoms with van der Waals surface area (Å²) in [7, 11) is 0. The van der Waals surface area contributed by atoms with Crippen LogP contribution in [0.25, 0.3) is 10.8 Å². The Labute approximate surface area is 224 Å². The normalized spacial score (nSPS) is 13.7. The molecule has 0 saturated heterocycles. The number of hydrogen-bond donors (Lipinski definition) is 2. The number of amides is 1. The lowest BCUT2D eigenvalue weighted by Gasteiger charge is -2.23. The van der Waals surface area contributed by atoms with Gasteiger partial charge in [-0.3, -0.25) is 4.79 Å². The minimum atomic E-state index is -2.62. The molecule has 0 aliphatic carbocycles. The number of aromatic nitrogens is 2. The first-order valence-corrected chi connectivity index (χ1v) is 13.6. The van der Waals surface area contributed by atoms with E-state index in [0.717, 1.165) is 45.3 Å². The Balaban J connectivity index is 1.48. The van der Waals surface area contributed by atoms with Gasteiger partial charge in [-0.05, 0) is 73.0 Å². The van der Waals surface area contributed by atoms with Crippen molar-refractivity contribution in [1.29, 1.82) is 0 Å². The minimum absolute atomic E-state index is 0.0314. The van der Waals surface area contributed by atoms with Gasteiger partial charge in [0.15, 0.2) is 0 Å². The van der Waals surface area contributed by atoms with E-state index in [1.165, 1.54) is 17.8 Å². The molecule has 2 N–H and O–H groups in total. The van der Waals surface area contributed by atoms with Crippen molar-refractivity contribution in [3.8, 4) is 11.8 Å². The quantitative estimate of drug-likeness (QED) is 0.201. The average molecular weight is 529 g/mol. The van der Waals surface area contributed by atoms with Crippen molar-refractivity contribution in [3.05, 3.63) is 83.3 Å². The average Bonchev–Trinajstić information content (AvgIpc) is 3.22. The highest BCUT2D eigenvalue weighted by Gasteiger charge is 2.43. The van der Waals surface area contributed by atoms with Crippen LogP contribution in [0, 0.1) is 11.8 Å². The molecule has 2 aromatic heterocycles. The maximum absolute atomic E-state index is 13.7. The summed E-state index contributed by atoms with van der Waals surface area (Å²) in [6.07, 6.45) is 4.03. The van der Waals surface area contributed by atoms with E-state index in [2.05, 4.69) is 32.4 Å². The first kappa shape index (κ1) is 25.7. The zero-order valence-electron chi connectivity index (χ0n) is 21.2. The van der Waals surface area contributed by atoms with Crippen molar-refractivity contribution in [2.24, 2.45) is 0 Å². The van der Waals surface area contributed by atoms with Gasteiger partial charge in [-0.15, -0.1) is 11.8 Å². The number of hydrogen-bond acceptors (Lipinski definition) is 5. The molecule has 1 aliphatic rings. The number of nitrogens with one attached hydrogen (secondary N) is 2. The van der Waals surface area contributed by atoms with Crippen molar-refractivity contribution in [1.82, 2.24) is 9.97 Å². The monoisotopic (exact) mass is 528 g/mol. The van der Waals surface area contributed by atoms with Crippen molar-refractivity contribution >= 4 is 45.6 Å². The van der Waals surface area contributed by atoms with Gasteiger partial charge in [-0.2, -0.15) is 0 Å². The number of nitrogens with zero attached hydrogens (tertiary/aromatic N) is 2. The van der Waals surface area contributed by atoms with Gasteiger partial charge in [-0.1, -0.05) is 25.8 Å². The Hall–Kier alpha value is -3.96. The molecule has 3 heterocycles. The Kier molecular flexibility index (Phi) is 7.04. The number of halogens is 2. The fraction of sp³-hybridized carbons (Fsp3) is 0.233. The maximum Gasteiger partial charge on any atom is 0.265 e. The molecule has 8 heteroatoms. The van der Waals surface area contributed by atoms with Gasteiger partial charge in [0.2, 0.25) is 5.91 Å². The number of anilines is 3. The fourth-order valence-electron chi connectivity index (χ4n) is 4.92. The molecule has 0 unspecified atom stereocenters. The number of carbonyl (C=O) groups is 1. The zero-order chi connectivity index (χ0) is 26.9. The summed E-state index contributed by atoms with van der Waals surface area (Å²) >= 11 is 1.41. The summed E-state index contributed by atoms with van der Waals surface area (Å²) in [6, 6.07) is 14.3. The lowest BCUT2D eigenvalue weighted by atomic mass is 9.77. The molecule has 0 fully saturated rings. The van der Waals surface area contributed by atoms with Crippen LogP contribution in [-0.4, -0.2) is 22.1 Å². The van der Waals surface area contributed by atoms with E-state index in [4.69, 9.17) is 0 Å². The Bertz CT molecular complexity index is 1610. The van der Waals surface area contributed by atoms with E-state index in [0.29, 0.717) is 17.2 Å². The molecule has 4 aromatic rings. The van der Waals surface area contributed by atoms with Crippen LogP contribution in [0.1, 0.15) is 55.5 Å². The van der Waals surface area contributed by atoms with Crippen molar-refractivity contribution in [3.63, 3.8) is 0 Å². The second kappa shape index (κ2) is 10.4. The summed E-state index contributed by atoms with van der Waals surface area (Å²) in [5.74, 6) is 6.75. The number of fused-ring (bicyclic) bond motifs is 2. The predicted molar refractivity (Wildman–Crippen MR) is 149 cm³/mol. The number of thioether (sulfide) groups is 1. The molecule has 0 bridgehead atoms. The molecule has 1 amide bonds. The molecule has 38 heavy (non-hydrogen) atoms. The molecule has 0 spiro atoms. The van der Waals surface area contributed by atoms with Gasteiger partial charge in [0, 0.05) is 50.6 Å². The van der Waals surface area contributed by atoms with Crippen molar-refractivity contribution < 1.29 is 13.6 Å². The highest BCUT2D eigenvalue weighted by molar-refractivity contribution is 7.98. The van der Waals surface area contributed by atoms with Crippen LogP contribution >= 0.6 is 11.8 Å². The molecule has 5 nitrogen and oxygen atoms in total. The van der Waals surface area contributed by atoms with Crippen molar-refractivity contribution in [2.45, 2.75) is 43.4 Å². The highest BCUT2D eigenvalue weighted by atomic mass is 32.2. The van der Waals surface area contributed by atoms with Crippen LogP contribution in [0.3, 0.4) is 0 Å². The minimum Gasteiger partial charge on any atom is -0.340 e. The van der Waals surface area contributed by atoms with Gasteiger partial charge in [0.1, 0.15) is 11.5 Å². The van der Waals surface area contributed by atoms with Gasteiger partial charge in [0.05, 0.1) is 5.41 Å². The van der Waals surface area contributed by atoms with E-state index in [1.807, 2.05) is 44.4 Å². The van der Waals surface area contributed by atoms with Gasteiger partial charge in [-0.25, -0.2) is 18.7 Å². The van der Waals surface area contributed by atoms with E-state index in [9.17, 15) is 13.6 Å². The van der Waals surface area contributed by atoms with E-state index in [1.54, 1.807) is 30.6 Å². The Morgan fingerprint density at radius 1 is 1.05 bits per heavy atom. The van der Waals surface area contributed by atoms with Crippen LogP contribution < -0.4 is 10.6 Å². The summed E-state index contributed by atoms with van der Waals surface area (Å²) < 4.78 is 27.4. The third-order valence-electron chi connectivity index (χ3n) is 7.15. The lowest BCUT2D eigenvalue weighted by Crippen LogP contribution is -2.32. The molecule has 5 rings (SSSR count). The predicted octanol–water partition coefficient (Wildman–Crippen LogP) is 7.44.